The van der Waals surface area contributed by atoms with Crippen molar-refractivity contribution in [2.45, 2.75) is 93.4 Å². The Morgan fingerprint density at radius 2 is 1.04 bits per heavy atom. The molecule has 0 aliphatic carbocycles. The number of aromatic hydroxyl groups is 2. The number of aldehydes is 3. The molecule has 7 rings (SSSR count). The van der Waals surface area contributed by atoms with E-state index in [0.29, 0.717) is 137 Å². The Morgan fingerprint density at radius 1 is 0.574 bits per heavy atom. The van der Waals surface area contributed by atoms with Gasteiger partial charge in [-0.3, -0.25) is 25.1 Å². The third-order valence-electron chi connectivity index (χ3n) is 20.3. The summed E-state index contributed by atoms with van der Waals surface area (Å²) in [6.07, 6.45) is 13.6. The summed E-state index contributed by atoms with van der Waals surface area (Å²) in [5.74, 6) is 15.9. The number of para-hydroxylation sites is 3. The number of phenolic OH excluding ortho intramolecular Hbond substituents is 2. The summed E-state index contributed by atoms with van der Waals surface area (Å²) in [4.78, 5) is 59.8. The van der Waals surface area contributed by atoms with Crippen LogP contribution in [0.3, 0.4) is 0 Å². The number of hydrogen-bond donors (Lipinski definition) is 10. The van der Waals surface area contributed by atoms with E-state index in [-0.39, 0.29) is 138 Å². The fourth-order valence-electron chi connectivity index (χ4n) is 13.4. The first-order valence-electron chi connectivity index (χ1n) is 43.6. The van der Waals surface area contributed by atoms with Gasteiger partial charge in [0.2, 0.25) is 5.75 Å². The molecule has 129 heavy (non-hydrogen) atoms. The van der Waals surface area contributed by atoms with Crippen LogP contribution in [0.5, 0.6) is 28.7 Å². The summed E-state index contributed by atoms with van der Waals surface area (Å²) in [6.45, 7) is 22.4. The lowest BCUT2D eigenvalue weighted by molar-refractivity contribution is -0.249. The van der Waals surface area contributed by atoms with Crippen LogP contribution in [0.15, 0.2) is 199 Å². The number of nitrogens with zero attached hydrogens (tertiary/aromatic N) is 7. The predicted octanol–water partition coefficient (Wildman–Crippen LogP) is 12.9. The first kappa shape index (κ1) is 106. The molecule has 2 unspecified atom stereocenters. The van der Waals surface area contributed by atoms with E-state index in [2.05, 4.69) is 87.7 Å². The van der Waals surface area contributed by atoms with Crippen LogP contribution in [-0.2, 0) is 47.8 Å². The van der Waals surface area contributed by atoms with Gasteiger partial charge in [-0.15, -0.1) is 35.3 Å². The maximum absolute atomic E-state index is 12.4. The van der Waals surface area contributed by atoms with Crippen molar-refractivity contribution < 1.29 is 77.0 Å². The second-order valence-corrected chi connectivity index (χ2v) is 34.2. The molecule has 1 heterocycles. The SMILES string of the molecule is C/C=C1/OOCC(CSc2ccccc2NC)=C/C1=C/CN(C/C(N)=C/N(N)CCOCCOCCOc1cc(C=O)cc(OCCOCCOCCN(N)CC(CN(c2ccc(/C=C(\C=O)CSc3ccccc3NC)c(O)c2)C(C)C)N=N)c1OCCOCCOCCN(C)CC(N)CN(c1ccc(/C=C(\C=O)CSc2ccccc2NC)c(O)c1)C(C)C)C(C)C. The molecule has 0 saturated heterocycles. The molecule has 0 radical (unpaired) electrons. The lowest BCUT2D eigenvalue weighted by Gasteiger charge is -2.33. The van der Waals surface area contributed by atoms with E-state index in [1.54, 1.807) is 77.2 Å². The van der Waals surface area contributed by atoms with Crippen LogP contribution in [-0.4, -0.2) is 289 Å². The van der Waals surface area contributed by atoms with Crippen molar-refractivity contribution in [2.75, 3.05) is 236 Å². The van der Waals surface area contributed by atoms with E-state index in [0.717, 1.165) is 72.6 Å². The third kappa shape index (κ3) is 38.7. The number of carbonyl (C=O) groups excluding carboxylic acids is 3. The first-order chi connectivity index (χ1) is 62.5. The molecule has 706 valence electrons. The number of rotatable bonds is 66. The molecule has 14 N–H and O–H groups in total. The molecule has 6 aromatic carbocycles. The zero-order valence-electron chi connectivity index (χ0n) is 76.7. The molecule has 6 aromatic rings. The highest BCUT2D eigenvalue weighted by atomic mass is 32.2. The van der Waals surface area contributed by atoms with Crippen molar-refractivity contribution >= 4 is 94.7 Å². The van der Waals surface area contributed by atoms with E-state index < -0.39 is 6.04 Å². The highest BCUT2D eigenvalue weighted by Crippen LogP contribution is 2.40. The molecule has 0 amide bonds. The lowest BCUT2D eigenvalue weighted by atomic mass is 10.1. The van der Waals surface area contributed by atoms with Crippen molar-refractivity contribution in [3.8, 4) is 28.7 Å². The van der Waals surface area contributed by atoms with Gasteiger partial charge in [-0.05, 0) is 158 Å². The Bertz CT molecular complexity index is 4560. The molecule has 2 atom stereocenters. The minimum Gasteiger partial charge on any atom is -0.507 e. The van der Waals surface area contributed by atoms with E-state index >= 15 is 0 Å². The average Bonchev–Trinajstić information content (AvgIpc) is 1.12. The van der Waals surface area contributed by atoms with Gasteiger partial charge >= 0.3 is 0 Å². The van der Waals surface area contributed by atoms with Crippen LogP contribution in [0.2, 0.25) is 0 Å². The second kappa shape index (κ2) is 60.3. The number of allylic oxidation sites excluding steroid dienone is 2. The zero-order valence-corrected chi connectivity index (χ0v) is 79.2. The van der Waals surface area contributed by atoms with Gasteiger partial charge in [0, 0.05) is 215 Å². The van der Waals surface area contributed by atoms with Crippen LogP contribution in [0.4, 0.5) is 28.4 Å². The highest BCUT2D eigenvalue weighted by molar-refractivity contribution is 8.00. The average molecular weight is 1840 g/mol. The van der Waals surface area contributed by atoms with Crippen molar-refractivity contribution in [3.05, 3.63) is 196 Å². The molecule has 0 bridgehead atoms. The number of thioether (sulfide) groups is 3. The summed E-state index contributed by atoms with van der Waals surface area (Å²) in [6, 6.07) is 37.4. The Hall–Kier alpha value is -9.70. The van der Waals surface area contributed by atoms with E-state index in [1.165, 1.54) is 16.8 Å². The van der Waals surface area contributed by atoms with Gasteiger partial charge < -0.3 is 105 Å². The molecule has 0 fully saturated rings. The number of anilines is 5. The predicted molar refractivity (Wildman–Crippen MR) is 520 cm³/mol. The van der Waals surface area contributed by atoms with Gasteiger partial charge in [0.1, 0.15) is 62.8 Å². The highest BCUT2D eigenvalue weighted by Gasteiger charge is 2.24. The molecule has 0 aromatic heterocycles. The lowest BCUT2D eigenvalue weighted by Crippen LogP contribution is -2.47. The quantitative estimate of drug-likeness (QED) is 0.00248. The molecule has 31 nitrogen and oxygen atoms in total. The molecular weight excluding hydrogens is 1700 g/mol. The van der Waals surface area contributed by atoms with Gasteiger partial charge in [-0.2, -0.15) is 10.0 Å². The van der Waals surface area contributed by atoms with Crippen LogP contribution < -0.4 is 63.1 Å². The third-order valence-corrected chi connectivity index (χ3v) is 23.7. The Morgan fingerprint density at radius 3 is 1.50 bits per heavy atom. The first-order valence-corrected chi connectivity index (χ1v) is 46.5. The number of benzene rings is 6. The number of hydrazine groups is 2. The van der Waals surface area contributed by atoms with Gasteiger partial charge in [0.05, 0.1) is 85.8 Å². The van der Waals surface area contributed by atoms with E-state index in [9.17, 15) is 24.6 Å². The number of nitrogens with two attached hydrogens (primary N) is 4. The minimum atomic E-state index is -0.505. The maximum atomic E-state index is 12.4. The molecule has 1 aliphatic rings. The van der Waals surface area contributed by atoms with Gasteiger partial charge in [-0.25, -0.2) is 16.4 Å². The van der Waals surface area contributed by atoms with Crippen molar-refractivity contribution in [3.63, 3.8) is 0 Å². The summed E-state index contributed by atoms with van der Waals surface area (Å²) in [5.41, 5.74) is 31.0. The van der Waals surface area contributed by atoms with Crippen molar-refractivity contribution in [1.29, 1.82) is 5.53 Å². The summed E-state index contributed by atoms with van der Waals surface area (Å²) in [7, 11) is 7.63. The Balaban J connectivity index is 0.852. The molecular formula is C95H137N15O16S3. The number of likely N-dealkylation sites (N-methyl/N-ethyl adjacent to an activating group) is 1. The molecule has 1 aliphatic heterocycles. The van der Waals surface area contributed by atoms with Gasteiger partial charge in [0.15, 0.2) is 17.3 Å². The largest absolute Gasteiger partial charge is 0.507 e. The number of phenols is 2. The smallest absolute Gasteiger partial charge is 0.203 e. The van der Waals surface area contributed by atoms with Crippen molar-refractivity contribution in [1.82, 2.24) is 19.8 Å². The molecule has 34 heteroatoms. The van der Waals surface area contributed by atoms with Crippen molar-refractivity contribution in [2.24, 2.45) is 28.3 Å². The summed E-state index contributed by atoms with van der Waals surface area (Å²) >= 11 is 4.81. The van der Waals surface area contributed by atoms with Crippen LogP contribution in [0, 0.1) is 5.53 Å². The Labute approximate surface area is 774 Å². The molecule has 0 spiro atoms. The monoisotopic (exact) mass is 1840 g/mol. The minimum absolute atomic E-state index is 0.0162. The number of ether oxygens (including phenoxy) is 9. The maximum Gasteiger partial charge on any atom is 0.203 e. The fraction of sp³-hybridized carbons (Fsp3) is 0.463. The van der Waals surface area contributed by atoms with Crippen LogP contribution in [0.25, 0.3) is 12.2 Å². The topological polar surface area (TPSA) is 389 Å². The van der Waals surface area contributed by atoms with Crippen LogP contribution in [0.1, 0.15) is 70.0 Å². The van der Waals surface area contributed by atoms with E-state index in [4.69, 9.17) is 81.1 Å². The number of carbonyl (C=O) groups is 3. The van der Waals surface area contributed by atoms with Gasteiger partial charge in [0.25, 0.3) is 0 Å². The fourth-order valence-corrected chi connectivity index (χ4v) is 16.3. The Kier molecular flexibility index (Phi) is 49.7. The van der Waals surface area contributed by atoms with Crippen LogP contribution >= 0.6 is 35.3 Å². The second-order valence-electron chi connectivity index (χ2n) is 31.2. The summed E-state index contributed by atoms with van der Waals surface area (Å²) < 4.78 is 54.3. The normalized spacial score (nSPS) is 13.9. The standard InChI is InChI=1S/C95H137N15O16S3/c1-12-89-78(51-75(65-125-126-89)68-129-94-24-18-15-21-86(94)103-10)29-30-106(69(2)3)57-80(97)58-107(99)32-35-117-38-41-119-43-46-122-90-52-72(62-111)53-91(123-47-44-120-42-39-118-36-33-108(100)60-81(104-98)61-110(71(6)7)83-28-26-77(88(115)55-83)50-74(64-113)67-128-93-23-17-14-20-85(93)102-9)95(90)124-48-45-121-40-37-116-34-31-105(11)56-79(96)59-109(70(4)5)82-27-25-76(87(114)54-82)49-73(63-112)66-127-92-22-16-13-19-84(92)101-8/h12-29,49-55,58,62-64,69-71,79,81,98,101-103,114-115H,30-48,56-57,59-61,65-68,96-97,99-100H2,1-11H3/b73-49+,74-50+,78-29-,80-58-,89-12+,104-98?. The number of hydrogen-bond acceptors (Lipinski definition) is 34. The van der Waals surface area contributed by atoms with Gasteiger partial charge in [-0.1, -0.05) is 42.5 Å². The molecule has 0 saturated carbocycles. The zero-order chi connectivity index (χ0) is 93.1. The van der Waals surface area contributed by atoms with E-state index in [1.807, 2.05) is 139 Å². The summed E-state index contributed by atoms with van der Waals surface area (Å²) in [5, 5.41) is 39.0. The number of nitrogens with one attached hydrogen (secondary N) is 4.